The Hall–Kier alpha value is -2.33. The molecule has 0 bridgehead atoms. The molecule has 1 atom stereocenters. The van der Waals surface area contributed by atoms with E-state index >= 15 is 0 Å². The van der Waals surface area contributed by atoms with Gasteiger partial charge in [-0.15, -0.1) is 0 Å². The van der Waals surface area contributed by atoms with Crippen molar-refractivity contribution in [2.75, 3.05) is 19.6 Å². The lowest BCUT2D eigenvalue weighted by molar-refractivity contribution is 0.0499. The van der Waals surface area contributed by atoms with Crippen LogP contribution >= 0.6 is 0 Å². The molecule has 0 radical (unpaired) electrons. The number of likely N-dealkylation sites (tertiary alicyclic amines) is 1. The normalized spacial score (nSPS) is 20.1. The first-order valence-electron chi connectivity index (χ1n) is 10.1. The Morgan fingerprint density at radius 2 is 1.64 bits per heavy atom. The number of carbonyl (C=O) groups is 1. The molecule has 0 saturated carbocycles. The van der Waals surface area contributed by atoms with Gasteiger partial charge in [-0.25, -0.2) is 4.79 Å². The van der Waals surface area contributed by atoms with Crippen molar-refractivity contribution in [1.29, 1.82) is 0 Å². The Kier molecular flexibility index (Phi) is 6.40. The predicted octanol–water partition coefficient (Wildman–Crippen LogP) is 4.65. The van der Waals surface area contributed by atoms with Crippen LogP contribution in [0.2, 0.25) is 0 Å². The highest BCUT2D eigenvalue weighted by Crippen LogP contribution is 2.34. The monoisotopic (exact) mass is 380 g/mol. The summed E-state index contributed by atoms with van der Waals surface area (Å²) in [7, 11) is 0. The number of rotatable bonds is 6. The summed E-state index contributed by atoms with van der Waals surface area (Å²) in [5.74, 6) is 0. The highest BCUT2D eigenvalue weighted by molar-refractivity contribution is 5.67. The van der Waals surface area contributed by atoms with Crippen molar-refractivity contribution in [3.63, 3.8) is 0 Å². The van der Waals surface area contributed by atoms with E-state index in [4.69, 9.17) is 4.74 Å². The largest absolute Gasteiger partial charge is 0.444 e. The molecule has 4 heteroatoms. The highest BCUT2D eigenvalue weighted by Gasteiger charge is 2.38. The molecule has 1 aliphatic heterocycles. The fourth-order valence-corrected chi connectivity index (χ4v) is 3.96. The fraction of sp³-hybridized carbons (Fsp3) is 0.458. The molecule has 28 heavy (non-hydrogen) atoms. The van der Waals surface area contributed by atoms with Gasteiger partial charge in [0.15, 0.2) is 0 Å². The summed E-state index contributed by atoms with van der Waals surface area (Å²) in [4.78, 5) is 14.7. The molecule has 1 saturated heterocycles. The number of ether oxygens (including phenoxy) is 1. The van der Waals surface area contributed by atoms with Crippen LogP contribution in [0, 0.1) is 5.41 Å². The van der Waals surface area contributed by atoms with Crippen molar-refractivity contribution in [1.82, 2.24) is 10.2 Å². The topological polar surface area (TPSA) is 41.6 Å². The maximum Gasteiger partial charge on any atom is 0.407 e. The minimum absolute atomic E-state index is 0.0209. The number of nitrogens with one attached hydrogen (secondary N) is 1. The number of alkyl carbamates (subject to hydrolysis) is 1. The number of hydrogen-bond acceptors (Lipinski definition) is 3. The molecule has 1 heterocycles. The van der Waals surface area contributed by atoms with Crippen LogP contribution in [0.1, 0.15) is 38.3 Å². The second kappa shape index (κ2) is 8.78. The number of amides is 1. The van der Waals surface area contributed by atoms with Gasteiger partial charge in [-0.05, 0) is 51.3 Å². The van der Waals surface area contributed by atoms with Gasteiger partial charge in [0.1, 0.15) is 5.60 Å². The SMILES string of the molecule is CC(C)(C)OC(=O)NCC1(Cc2ccccc2)CCN(Cc2ccccc2)C1. The zero-order valence-corrected chi connectivity index (χ0v) is 17.3. The van der Waals surface area contributed by atoms with E-state index in [1.54, 1.807) is 0 Å². The van der Waals surface area contributed by atoms with Crippen LogP contribution in [0.4, 0.5) is 4.79 Å². The number of carbonyl (C=O) groups excluding carboxylic acids is 1. The van der Waals surface area contributed by atoms with Crippen LogP contribution in [0.5, 0.6) is 0 Å². The lowest BCUT2D eigenvalue weighted by Crippen LogP contribution is -2.43. The minimum Gasteiger partial charge on any atom is -0.444 e. The Balaban J connectivity index is 1.68. The molecule has 3 rings (SSSR count). The van der Waals surface area contributed by atoms with Crippen LogP contribution in [0.25, 0.3) is 0 Å². The summed E-state index contributed by atoms with van der Waals surface area (Å²) in [6, 6.07) is 21.2. The molecule has 1 fully saturated rings. The molecule has 1 amide bonds. The van der Waals surface area contributed by atoms with Gasteiger partial charge in [0.2, 0.25) is 0 Å². The number of hydrogen-bond donors (Lipinski definition) is 1. The molecule has 0 spiro atoms. The van der Waals surface area contributed by atoms with Crippen molar-refractivity contribution >= 4 is 6.09 Å². The average Bonchev–Trinajstić information content (AvgIpc) is 3.03. The van der Waals surface area contributed by atoms with Crippen molar-refractivity contribution in [2.24, 2.45) is 5.41 Å². The molecule has 2 aromatic rings. The van der Waals surface area contributed by atoms with E-state index in [9.17, 15) is 4.79 Å². The first-order valence-corrected chi connectivity index (χ1v) is 10.1. The lowest BCUT2D eigenvalue weighted by Gasteiger charge is -2.31. The van der Waals surface area contributed by atoms with Gasteiger partial charge in [-0.1, -0.05) is 60.7 Å². The first kappa shape index (κ1) is 20.4. The van der Waals surface area contributed by atoms with Gasteiger partial charge >= 0.3 is 6.09 Å². The Bertz CT molecular complexity index is 755. The highest BCUT2D eigenvalue weighted by atomic mass is 16.6. The fourth-order valence-electron chi connectivity index (χ4n) is 3.96. The molecule has 0 aliphatic carbocycles. The van der Waals surface area contributed by atoms with Crippen LogP contribution in [0.15, 0.2) is 60.7 Å². The van der Waals surface area contributed by atoms with Crippen molar-refractivity contribution in [2.45, 2.75) is 45.8 Å². The summed E-state index contributed by atoms with van der Waals surface area (Å²) in [5, 5.41) is 3.04. The van der Waals surface area contributed by atoms with E-state index in [-0.39, 0.29) is 11.5 Å². The first-order chi connectivity index (χ1) is 13.3. The van der Waals surface area contributed by atoms with Gasteiger partial charge in [0, 0.05) is 25.0 Å². The summed E-state index contributed by atoms with van der Waals surface area (Å²) < 4.78 is 5.45. The van der Waals surface area contributed by atoms with Crippen molar-refractivity contribution in [3.05, 3.63) is 71.8 Å². The second-order valence-electron chi connectivity index (χ2n) is 8.96. The number of benzene rings is 2. The molecule has 4 nitrogen and oxygen atoms in total. The average molecular weight is 381 g/mol. The third-order valence-electron chi connectivity index (χ3n) is 5.19. The molecule has 150 valence electrons. The van der Waals surface area contributed by atoms with Gasteiger partial charge in [-0.3, -0.25) is 4.90 Å². The van der Waals surface area contributed by atoms with Crippen LogP contribution in [-0.2, 0) is 17.7 Å². The van der Waals surface area contributed by atoms with E-state index in [1.807, 2.05) is 26.8 Å². The zero-order chi connectivity index (χ0) is 20.0. The zero-order valence-electron chi connectivity index (χ0n) is 17.3. The van der Waals surface area contributed by atoms with Gasteiger partial charge < -0.3 is 10.1 Å². The Morgan fingerprint density at radius 3 is 2.25 bits per heavy atom. The summed E-state index contributed by atoms with van der Waals surface area (Å²) >= 11 is 0. The van der Waals surface area contributed by atoms with E-state index in [2.05, 4.69) is 64.8 Å². The van der Waals surface area contributed by atoms with E-state index < -0.39 is 5.60 Å². The van der Waals surface area contributed by atoms with Crippen LogP contribution in [0.3, 0.4) is 0 Å². The second-order valence-corrected chi connectivity index (χ2v) is 8.96. The lowest BCUT2D eigenvalue weighted by atomic mass is 9.80. The quantitative estimate of drug-likeness (QED) is 0.793. The third-order valence-corrected chi connectivity index (χ3v) is 5.19. The summed E-state index contributed by atoms with van der Waals surface area (Å²) in [6.07, 6.45) is 1.68. The van der Waals surface area contributed by atoms with Gasteiger partial charge in [-0.2, -0.15) is 0 Å². The summed E-state index contributed by atoms with van der Waals surface area (Å²) in [6.45, 7) is 9.26. The van der Waals surface area contributed by atoms with Crippen LogP contribution < -0.4 is 5.32 Å². The summed E-state index contributed by atoms with van der Waals surface area (Å²) in [5.41, 5.74) is 2.19. The van der Waals surface area contributed by atoms with Gasteiger partial charge in [0.05, 0.1) is 0 Å². The Morgan fingerprint density at radius 1 is 1.04 bits per heavy atom. The van der Waals surface area contributed by atoms with Gasteiger partial charge in [0.25, 0.3) is 0 Å². The predicted molar refractivity (Wildman–Crippen MR) is 113 cm³/mol. The van der Waals surface area contributed by atoms with Crippen LogP contribution in [-0.4, -0.2) is 36.2 Å². The smallest absolute Gasteiger partial charge is 0.407 e. The maximum absolute atomic E-state index is 12.2. The maximum atomic E-state index is 12.2. The standard InChI is InChI=1S/C24H32N2O2/c1-23(2,3)28-22(27)25-18-24(16-20-10-6-4-7-11-20)14-15-26(19-24)17-21-12-8-5-9-13-21/h4-13H,14-19H2,1-3H3,(H,25,27). The van der Waals surface area contributed by atoms with Crippen molar-refractivity contribution < 1.29 is 9.53 Å². The molecular weight excluding hydrogens is 348 g/mol. The van der Waals surface area contributed by atoms with E-state index in [0.29, 0.717) is 6.54 Å². The third kappa shape index (κ3) is 6.10. The van der Waals surface area contributed by atoms with Crippen molar-refractivity contribution in [3.8, 4) is 0 Å². The number of nitrogens with zero attached hydrogens (tertiary/aromatic N) is 1. The minimum atomic E-state index is -0.480. The van der Waals surface area contributed by atoms with E-state index in [0.717, 1.165) is 32.5 Å². The molecule has 1 unspecified atom stereocenters. The Labute approximate surface area is 168 Å². The molecule has 1 N–H and O–H groups in total. The molecule has 2 aromatic carbocycles. The van der Waals surface area contributed by atoms with E-state index in [1.165, 1.54) is 11.1 Å². The molecular formula is C24H32N2O2. The molecule has 0 aromatic heterocycles. The molecule has 1 aliphatic rings.